The Morgan fingerprint density at radius 1 is 1.33 bits per heavy atom. The quantitative estimate of drug-likeness (QED) is 0.710. The number of ether oxygens (including phenoxy) is 1. The Balaban J connectivity index is 2.38. The zero-order valence-electron chi connectivity index (χ0n) is 13.4. The average Bonchev–Trinajstić information content (AvgIpc) is 2.45. The highest BCUT2D eigenvalue weighted by Crippen LogP contribution is 2.19. The average molecular weight is 296 g/mol. The highest BCUT2D eigenvalue weighted by atomic mass is 16.5. The molecule has 0 spiro atoms. The summed E-state index contributed by atoms with van der Waals surface area (Å²) >= 11 is 0. The summed E-state index contributed by atoms with van der Waals surface area (Å²) in [7, 11) is 0. The van der Waals surface area contributed by atoms with Crippen LogP contribution in [0.5, 0.6) is 0 Å². The van der Waals surface area contributed by atoms with Crippen molar-refractivity contribution in [1.29, 1.82) is 0 Å². The largest absolute Gasteiger partial charge is 0.450 e. The Labute approximate surface area is 127 Å². The Morgan fingerprint density at radius 3 is 2.67 bits per heavy atom. The van der Waals surface area contributed by atoms with Crippen LogP contribution in [0.2, 0.25) is 0 Å². The van der Waals surface area contributed by atoms with E-state index >= 15 is 0 Å². The fourth-order valence-electron chi connectivity index (χ4n) is 2.42. The first kappa shape index (κ1) is 17.5. The van der Waals surface area contributed by atoms with Crippen LogP contribution in [0.3, 0.4) is 0 Å². The third-order valence-corrected chi connectivity index (χ3v) is 3.63. The molecule has 0 saturated heterocycles. The molecule has 2 amide bonds. The van der Waals surface area contributed by atoms with Gasteiger partial charge in [-0.3, -0.25) is 4.79 Å². The maximum absolute atomic E-state index is 12.2. The zero-order valence-corrected chi connectivity index (χ0v) is 13.4. The first-order valence-corrected chi connectivity index (χ1v) is 7.93. The predicted octanol–water partition coefficient (Wildman–Crippen LogP) is 2.76. The van der Waals surface area contributed by atoms with Crippen LogP contribution in [-0.2, 0) is 9.53 Å². The van der Waals surface area contributed by atoms with Gasteiger partial charge in [-0.15, -0.1) is 0 Å². The normalized spacial score (nSPS) is 16.1. The third-order valence-electron chi connectivity index (χ3n) is 3.63. The fourth-order valence-corrected chi connectivity index (χ4v) is 2.42. The van der Waals surface area contributed by atoms with Crippen molar-refractivity contribution in [3.05, 3.63) is 11.6 Å². The maximum Gasteiger partial charge on any atom is 0.407 e. The van der Waals surface area contributed by atoms with Crippen LogP contribution in [0.4, 0.5) is 4.79 Å². The Bertz CT molecular complexity index is 378. The number of allylic oxidation sites excluding steroid dienone is 1. The smallest absolute Gasteiger partial charge is 0.407 e. The minimum Gasteiger partial charge on any atom is -0.450 e. The molecule has 5 heteroatoms. The van der Waals surface area contributed by atoms with Gasteiger partial charge in [-0.1, -0.05) is 25.5 Å². The minimum absolute atomic E-state index is 0.0169. The molecular formula is C16H28N2O3. The molecule has 0 unspecified atom stereocenters. The number of hydrogen-bond donors (Lipinski definition) is 2. The summed E-state index contributed by atoms with van der Waals surface area (Å²) in [4.78, 5) is 23.6. The number of hydrogen-bond acceptors (Lipinski definition) is 3. The third kappa shape index (κ3) is 6.65. The van der Waals surface area contributed by atoms with Gasteiger partial charge in [-0.05, 0) is 44.9 Å². The van der Waals surface area contributed by atoms with Crippen molar-refractivity contribution in [2.45, 2.75) is 58.9 Å². The highest BCUT2D eigenvalue weighted by molar-refractivity contribution is 5.85. The second-order valence-corrected chi connectivity index (χ2v) is 5.74. The molecule has 0 heterocycles. The molecule has 21 heavy (non-hydrogen) atoms. The molecule has 0 aromatic carbocycles. The first-order valence-electron chi connectivity index (χ1n) is 7.93. The van der Waals surface area contributed by atoms with Crippen LogP contribution in [0.15, 0.2) is 11.6 Å². The second kappa shape index (κ2) is 9.42. The number of amides is 2. The predicted molar refractivity (Wildman–Crippen MR) is 83.0 cm³/mol. The molecule has 0 fully saturated rings. The van der Waals surface area contributed by atoms with E-state index in [0.29, 0.717) is 13.2 Å². The zero-order chi connectivity index (χ0) is 15.7. The molecule has 120 valence electrons. The summed E-state index contributed by atoms with van der Waals surface area (Å²) in [5.41, 5.74) is 1.43. The number of carbonyl (C=O) groups is 2. The molecule has 2 N–H and O–H groups in total. The number of rotatable bonds is 7. The van der Waals surface area contributed by atoms with E-state index < -0.39 is 12.1 Å². The number of nitrogens with one attached hydrogen (secondary N) is 2. The molecule has 0 bridgehead atoms. The van der Waals surface area contributed by atoms with Gasteiger partial charge in [0.2, 0.25) is 5.91 Å². The Morgan fingerprint density at radius 2 is 2.10 bits per heavy atom. The van der Waals surface area contributed by atoms with Crippen LogP contribution < -0.4 is 10.6 Å². The van der Waals surface area contributed by atoms with E-state index in [1.54, 1.807) is 6.92 Å². The van der Waals surface area contributed by atoms with Gasteiger partial charge in [0.05, 0.1) is 6.61 Å². The molecule has 0 aromatic rings. The standard InChI is InChI=1S/C16H28N2O3/c1-4-21-16(20)18-14(12(2)3)15(19)17-11-10-13-8-6-5-7-9-13/h8,12,14H,4-7,9-11H2,1-3H3,(H,17,19)(H,18,20)/t14-/m0/s1. The lowest BCUT2D eigenvalue weighted by atomic mass is 9.97. The highest BCUT2D eigenvalue weighted by Gasteiger charge is 2.24. The van der Waals surface area contributed by atoms with Crippen LogP contribution in [0, 0.1) is 5.92 Å². The molecule has 5 nitrogen and oxygen atoms in total. The van der Waals surface area contributed by atoms with Gasteiger partial charge in [0.15, 0.2) is 0 Å². The van der Waals surface area contributed by atoms with Gasteiger partial charge in [0.25, 0.3) is 0 Å². The van der Waals surface area contributed by atoms with Gasteiger partial charge < -0.3 is 15.4 Å². The van der Waals surface area contributed by atoms with E-state index in [4.69, 9.17) is 4.74 Å². The molecule has 1 atom stereocenters. The van der Waals surface area contributed by atoms with E-state index in [9.17, 15) is 9.59 Å². The first-order chi connectivity index (χ1) is 10.0. The van der Waals surface area contributed by atoms with Crippen molar-refractivity contribution in [3.63, 3.8) is 0 Å². The lowest BCUT2D eigenvalue weighted by molar-refractivity contribution is -0.124. The molecule has 1 aliphatic carbocycles. The van der Waals surface area contributed by atoms with Crippen molar-refractivity contribution in [1.82, 2.24) is 10.6 Å². The van der Waals surface area contributed by atoms with Crippen LogP contribution in [-0.4, -0.2) is 31.2 Å². The molecular weight excluding hydrogens is 268 g/mol. The second-order valence-electron chi connectivity index (χ2n) is 5.74. The van der Waals surface area contributed by atoms with E-state index in [0.717, 1.165) is 19.3 Å². The summed E-state index contributed by atoms with van der Waals surface area (Å²) in [6.45, 7) is 6.47. The van der Waals surface area contributed by atoms with Crippen molar-refractivity contribution in [2.24, 2.45) is 5.92 Å². The molecule has 0 saturated carbocycles. The van der Waals surface area contributed by atoms with Crippen molar-refractivity contribution < 1.29 is 14.3 Å². The summed E-state index contributed by atoms with van der Waals surface area (Å²) in [6.07, 6.45) is 7.46. The Hall–Kier alpha value is -1.52. The summed E-state index contributed by atoms with van der Waals surface area (Å²) in [5, 5.41) is 5.53. The molecule has 0 aliphatic heterocycles. The van der Waals surface area contributed by atoms with Gasteiger partial charge in [0, 0.05) is 6.54 Å². The van der Waals surface area contributed by atoms with Gasteiger partial charge in [0.1, 0.15) is 6.04 Å². The number of carbonyl (C=O) groups excluding carboxylic acids is 2. The fraction of sp³-hybridized carbons (Fsp3) is 0.750. The minimum atomic E-state index is -0.551. The van der Waals surface area contributed by atoms with E-state index in [-0.39, 0.29) is 11.8 Å². The van der Waals surface area contributed by atoms with E-state index in [1.165, 1.54) is 18.4 Å². The van der Waals surface area contributed by atoms with Crippen molar-refractivity contribution >= 4 is 12.0 Å². The topological polar surface area (TPSA) is 67.4 Å². The van der Waals surface area contributed by atoms with Gasteiger partial charge in [-0.25, -0.2) is 4.79 Å². The SMILES string of the molecule is CCOC(=O)N[C@H](C(=O)NCCC1=CCCCC1)C(C)C. The lowest BCUT2D eigenvalue weighted by Crippen LogP contribution is -2.50. The monoisotopic (exact) mass is 296 g/mol. The molecule has 0 radical (unpaired) electrons. The van der Waals surface area contributed by atoms with E-state index in [1.807, 2.05) is 13.8 Å². The lowest BCUT2D eigenvalue weighted by Gasteiger charge is -2.21. The van der Waals surface area contributed by atoms with Crippen LogP contribution in [0.25, 0.3) is 0 Å². The molecule has 1 aliphatic rings. The van der Waals surface area contributed by atoms with Gasteiger partial charge >= 0.3 is 6.09 Å². The number of alkyl carbamates (subject to hydrolysis) is 1. The van der Waals surface area contributed by atoms with Crippen molar-refractivity contribution in [3.8, 4) is 0 Å². The Kier molecular flexibility index (Phi) is 7.87. The van der Waals surface area contributed by atoms with Crippen LogP contribution in [0.1, 0.15) is 52.9 Å². The summed E-state index contributed by atoms with van der Waals surface area (Å²) < 4.78 is 4.83. The maximum atomic E-state index is 12.2. The van der Waals surface area contributed by atoms with Crippen molar-refractivity contribution in [2.75, 3.05) is 13.2 Å². The summed E-state index contributed by atoms with van der Waals surface area (Å²) in [6, 6.07) is -0.551. The van der Waals surface area contributed by atoms with E-state index in [2.05, 4.69) is 16.7 Å². The summed E-state index contributed by atoms with van der Waals surface area (Å²) in [5.74, 6) is -0.127. The van der Waals surface area contributed by atoms with Gasteiger partial charge in [-0.2, -0.15) is 0 Å². The molecule has 1 rings (SSSR count). The molecule has 0 aromatic heterocycles. The van der Waals surface area contributed by atoms with Crippen LogP contribution >= 0.6 is 0 Å².